The van der Waals surface area contributed by atoms with Crippen molar-refractivity contribution in [2.45, 2.75) is 51.5 Å². The molecular weight excluding hydrogens is 352 g/mol. The first kappa shape index (κ1) is 18.4. The lowest BCUT2D eigenvalue weighted by atomic mass is 9.54. The van der Waals surface area contributed by atoms with Crippen LogP contribution < -0.4 is 0 Å². The molecule has 0 spiro atoms. The Kier molecular flexibility index (Phi) is 4.10. The number of carbonyl (C=O) groups is 2. The largest absolute Gasteiger partial charge is 0.458 e. The van der Waals surface area contributed by atoms with Crippen LogP contribution in [0.1, 0.15) is 20.8 Å². The van der Waals surface area contributed by atoms with Gasteiger partial charge in [-0.2, -0.15) is 0 Å². The number of hydrogen-bond donors (Lipinski definition) is 1. The number of aliphatic hydroxyl groups is 1. The number of allylic oxidation sites excluding steroid dienone is 1. The van der Waals surface area contributed by atoms with Gasteiger partial charge in [-0.05, 0) is 19.4 Å². The van der Waals surface area contributed by atoms with Crippen LogP contribution in [0.3, 0.4) is 0 Å². The Balaban J connectivity index is 1.82. The van der Waals surface area contributed by atoms with Crippen molar-refractivity contribution >= 4 is 11.9 Å². The van der Waals surface area contributed by atoms with E-state index in [1.165, 1.54) is 0 Å². The summed E-state index contributed by atoms with van der Waals surface area (Å²) in [6.45, 7) is 13.5. The van der Waals surface area contributed by atoms with Gasteiger partial charge in [0.2, 0.25) is 0 Å². The first-order valence-electron chi connectivity index (χ1n) is 9.09. The van der Waals surface area contributed by atoms with Crippen molar-refractivity contribution in [2.75, 3.05) is 6.61 Å². The monoisotopic (exact) mass is 376 g/mol. The Labute approximate surface area is 157 Å². The molecule has 7 heteroatoms. The van der Waals surface area contributed by atoms with Crippen molar-refractivity contribution in [3.05, 3.63) is 36.0 Å². The minimum Gasteiger partial charge on any atom is -0.458 e. The van der Waals surface area contributed by atoms with Crippen molar-refractivity contribution in [2.24, 2.45) is 17.3 Å². The van der Waals surface area contributed by atoms with Crippen molar-refractivity contribution in [1.29, 1.82) is 0 Å². The van der Waals surface area contributed by atoms with Crippen LogP contribution in [0.15, 0.2) is 36.0 Å². The highest BCUT2D eigenvalue weighted by Crippen LogP contribution is 2.59. The zero-order valence-electron chi connectivity index (χ0n) is 15.6. The predicted octanol–water partition coefficient (Wildman–Crippen LogP) is 1.27. The van der Waals surface area contributed by atoms with Gasteiger partial charge in [0.15, 0.2) is 6.29 Å². The fraction of sp³-hybridized carbons (Fsp3) is 0.600. The molecule has 0 aromatic heterocycles. The van der Waals surface area contributed by atoms with E-state index in [-0.39, 0.29) is 12.2 Å². The second kappa shape index (κ2) is 6.02. The average molecular weight is 376 g/mol. The molecule has 1 N–H and O–H groups in total. The number of aliphatic hydroxyl groups excluding tert-OH is 1. The molecule has 1 saturated carbocycles. The number of rotatable bonds is 2. The van der Waals surface area contributed by atoms with Crippen LogP contribution >= 0.6 is 0 Å². The summed E-state index contributed by atoms with van der Waals surface area (Å²) in [5, 5.41) is 11.2. The van der Waals surface area contributed by atoms with Crippen molar-refractivity contribution in [3.8, 4) is 0 Å². The molecule has 0 amide bonds. The van der Waals surface area contributed by atoms with E-state index in [0.717, 1.165) is 0 Å². The van der Waals surface area contributed by atoms with E-state index < -0.39 is 59.9 Å². The molecule has 8 atom stereocenters. The quantitative estimate of drug-likeness (QED) is 0.441. The Morgan fingerprint density at radius 2 is 2.11 bits per heavy atom. The van der Waals surface area contributed by atoms with E-state index in [1.807, 2.05) is 6.92 Å². The molecule has 0 radical (unpaired) electrons. The molecule has 7 nitrogen and oxygen atoms in total. The molecule has 4 rings (SSSR count). The second-order valence-corrected chi connectivity index (χ2v) is 7.92. The molecule has 3 heterocycles. The highest BCUT2D eigenvalue weighted by atomic mass is 16.7. The number of esters is 2. The van der Waals surface area contributed by atoms with E-state index in [0.29, 0.717) is 11.1 Å². The Morgan fingerprint density at radius 1 is 1.41 bits per heavy atom. The van der Waals surface area contributed by atoms with Gasteiger partial charge in [0.25, 0.3) is 0 Å². The molecule has 4 aliphatic rings. The van der Waals surface area contributed by atoms with E-state index >= 15 is 0 Å². The standard InChI is InChI=1S/C20H24O7/c1-6-8(2)17(22)26-14-12-9(3)18(23)27-15(12)16(21)20(5)11-7-24-19(25-11)10(4)13(14)20/h6,11-16,19,21H,3-4,7H2,1-2,5H3/b8-6+/t11-,12-,13-,14-,15-,16-,19-,20+/m0/s1. The van der Waals surface area contributed by atoms with Gasteiger partial charge in [-0.1, -0.05) is 26.2 Å². The van der Waals surface area contributed by atoms with Crippen LogP contribution in [-0.2, 0) is 28.5 Å². The number of carbonyl (C=O) groups excluding carboxylic acids is 2. The molecule has 0 aromatic carbocycles. The van der Waals surface area contributed by atoms with Crippen molar-refractivity contribution in [3.63, 3.8) is 0 Å². The number of hydrogen-bond acceptors (Lipinski definition) is 7. The van der Waals surface area contributed by atoms with Gasteiger partial charge in [-0.25, -0.2) is 9.59 Å². The Morgan fingerprint density at radius 3 is 2.78 bits per heavy atom. The third kappa shape index (κ3) is 2.31. The second-order valence-electron chi connectivity index (χ2n) is 7.92. The SMILES string of the molecule is C=C1C(=O)O[C@H]2[C@@H]1[C@H](OC(=O)/C(C)=C/C)[C@@H]1C(=C)[C@H]3OC[C@H](O3)[C@@]1(C)[C@H]2O. The molecule has 4 fully saturated rings. The first-order chi connectivity index (χ1) is 12.7. The summed E-state index contributed by atoms with van der Waals surface area (Å²) in [4.78, 5) is 24.8. The van der Waals surface area contributed by atoms with Gasteiger partial charge in [-0.15, -0.1) is 0 Å². The Hall–Kier alpha value is -1.96. The normalized spacial score (nSPS) is 46.0. The topological polar surface area (TPSA) is 91.3 Å². The van der Waals surface area contributed by atoms with Gasteiger partial charge >= 0.3 is 11.9 Å². The van der Waals surface area contributed by atoms with Crippen molar-refractivity contribution in [1.82, 2.24) is 0 Å². The van der Waals surface area contributed by atoms with Gasteiger partial charge in [0.05, 0.1) is 18.6 Å². The summed E-state index contributed by atoms with van der Waals surface area (Å²) in [7, 11) is 0. The molecule has 3 aliphatic heterocycles. The van der Waals surface area contributed by atoms with E-state index in [4.69, 9.17) is 18.9 Å². The highest BCUT2D eigenvalue weighted by molar-refractivity contribution is 5.92. The van der Waals surface area contributed by atoms with Crippen LogP contribution in [0.5, 0.6) is 0 Å². The zero-order chi connectivity index (χ0) is 19.7. The highest BCUT2D eigenvalue weighted by Gasteiger charge is 2.70. The molecule has 0 unspecified atom stereocenters. The molecule has 3 saturated heterocycles. The van der Waals surface area contributed by atoms with E-state index in [1.54, 1.807) is 19.9 Å². The average Bonchev–Trinajstić information content (AvgIpc) is 3.22. The maximum atomic E-state index is 12.6. The summed E-state index contributed by atoms with van der Waals surface area (Å²) in [6.07, 6.45) is -2.03. The third-order valence-corrected chi connectivity index (χ3v) is 6.64. The summed E-state index contributed by atoms with van der Waals surface area (Å²) in [5.41, 5.74) is 0.355. The molecule has 27 heavy (non-hydrogen) atoms. The van der Waals surface area contributed by atoms with Gasteiger partial charge in [-0.3, -0.25) is 0 Å². The van der Waals surface area contributed by atoms with Crippen molar-refractivity contribution < 1.29 is 33.6 Å². The summed E-state index contributed by atoms with van der Waals surface area (Å²) in [6, 6.07) is 0. The minimum absolute atomic E-state index is 0.199. The minimum atomic E-state index is -1.03. The van der Waals surface area contributed by atoms with Crippen LogP contribution in [0, 0.1) is 17.3 Å². The van der Waals surface area contributed by atoms with Gasteiger partial charge < -0.3 is 24.1 Å². The van der Waals surface area contributed by atoms with Crippen LogP contribution in [-0.4, -0.2) is 54.4 Å². The third-order valence-electron chi connectivity index (χ3n) is 6.64. The van der Waals surface area contributed by atoms with E-state index in [2.05, 4.69) is 13.2 Å². The lowest BCUT2D eigenvalue weighted by Gasteiger charge is -2.56. The molecule has 1 aliphatic carbocycles. The predicted molar refractivity (Wildman–Crippen MR) is 93.2 cm³/mol. The Bertz CT molecular complexity index is 768. The van der Waals surface area contributed by atoms with E-state index in [9.17, 15) is 14.7 Å². The summed E-state index contributed by atoms with van der Waals surface area (Å²) in [5.74, 6) is -2.17. The fourth-order valence-corrected chi connectivity index (χ4v) is 4.90. The summed E-state index contributed by atoms with van der Waals surface area (Å²) >= 11 is 0. The summed E-state index contributed by atoms with van der Waals surface area (Å²) < 4.78 is 22.8. The fourth-order valence-electron chi connectivity index (χ4n) is 4.90. The molecular formula is C20H24O7. The lowest BCUT2D eigenvalue weighted by molar-refractivity contribution is -0.234. The van der Waals surface area contributed by atoms with Crippen LogP contribution in [0.4, 0.5) is 0 Å². The smallest absolute Gasteiger partial charge is 0.334 e. The molecule has 146 valence electrons. The number of ether oxygens (including phenoxy) is 4. The maximum Gasteiger partial charge on any atom is 0.334 e. The molecule has 2 bridgehead atoms. The van der Waals surface area contributed by atoms with Gasteiger partial charge in [0, 0.05) is 22.5 Å². The number of fused-ring (bicyclic) bond motifs is 5. The maximum absolute atomic E-state index is 12.6. The lowest BCUT2D eigenvalue weighted by Crippen LogP contribution is -2.67. The van der Waals surface area contributed by atoms with Crippen LogP contribution in [0.25, 0.3) is 0 Å². The first-order valence-corrected chi connectivity index (χ1v) is 9.09. The zero-order valence-corrected chi connectivity index (χ0v) is 15.6. The van der Waals surface area contributed by atoms with Gasteiger partial charge in [0.1, 0.15) is 18.3 Å². The van der Waals surface area contributed by atoms with Crippen LogP contribution in [0.2, 0.25) is 0 Å². The molecule has 0 aromatic rings.